The SMILES string of the molecule is N#C/C(=C\c1ccco1)C(=O)OCC(=O)Nc1cccc(F)c1. The fraction of sp³-hybridized carbons (Fsp3) is 0.0625. The molecule has 0 bridgehead atoms. The minimum Gasteiger partial charge on any atom is -0.465 e. The number of amides is 1. The second-order valence-corrected chi connectivity index (χ2v) is 4.32. The van der Waals surface area contributed by atoms with E-state index in [0.29, 0.717) is 5.76 Å². The molecule has 2 rings (SSSR count). The molecule has 0 aliphatic carbocycles. The van der Waals surface area contributed by atoms with Crippen LogP contribution in [0.5, 0.6) is 0 Å². The standard InChI is InChI=1S/C16H11FN2O4/c17-12-3-1-4-13(8-12)19-15(20)10-23-16(21)11(9-18)7-14-5-2-6-22-14/h1-8H,10H2,(H,19,20)/b11-7+. The van der Waals surface area contributed by atoms with E-state index in [1.54, 1.807) is 18.2 Å². The van der Waals surface area contributed by atoms with Crippen molar-refractivity contribution >= 4 is 23.6 Å². The molecule has 0 saturated heterocycles. The van der Waals surface area contributed by atoms with Crippen LogP contribution in [0.1, 0.15) is 5.76 Å². The van der Waals surface area contributed by atoms with Gasteiger partial charge in [0, 0.05) is 11.8 Å². The molecule has 0 saturated carbocycles. The minimum atomic E-state index is -0.960. The molecular weight excluding hydrogens is 303 g/mol. The van der Waals surface area contributed by atoms with E-state index in [1.807, 2.05) is 0 Å². The van der Waals surface area contributed by atoms with Gasteiger partial charge in [-0.25, -0.2) is 9.18 Å². The Hall–Kier alpha value is -3.40. The number of hydrogen-bond acceptors (Lipinski definition) is 5. The molecular formula is C16H11FN2O4. The fourth-order valence-electron chi connectivity index (χ4n) is 1.62. The Morgan fingerprint density at radius 3 is 2.83 bits per heavy atom. The maximum atomic E-state index is 13.0. The Kier molecular flexibility index (Phi) is 5.25. The van der Waals surface area contributed by atoms with Gasteiger partial charge in [-0.2, -0.15) is 5.26 Å². The highest BCUT2D eigenvalue weighted by atomic mass is 19.1. The number of rotatable bonds is 5. The van der Waals surface area contributed by atoms with Gasteiger partial charge in [0.05, 0.1) is 6.26 Å². The first-order chi connectivity index (χ1) is 11.1. The van der Waals surface area contributed by atoms with E-state index in [0.717, 1.165) is 6.07 Å². The van der Waals surface area contributed by atoms with Gasteiger partial charge in [0.15, 0.2) is 6.61 Å². The maximum Gasteiger partial charge on any atom is 0.349 e. The molecule has 1 aromatic carbocycles. The fourth-order valence-corrected chi connectivity index (χ4v) is 1.62. The number of nitrogens with one attached hydrogen (secondary N) is 1. The molecule has 0 aliphatic heterocycles. The lowest BCUT2D eigenvalue weighted by molar-refractivity contribution is -0.142. The van der Waals surface area contributed by atoms with Gasteiger partial charge in [-0.15, -0.1) is 0 Å². The van der Waals surface area contributed by atoms with Crippen LogP contribution in [-0.4, -0.2) is 18.5 Å². The third-order valence-corrected chi connectivity index (χ3v) is 2.61. The number of benzene rings is 1. The number of nitriles is 1. The van der Waals surface area contributed by atoms with E-state index in [9.17, 15) is 14.0 Å². The third kappa shape index (κ3) is 4.82. The van der Waals surface area contributed by atoms with Crippen molar-refractivity contribution in [1.29, 1.82) is 5.26 Å². The van der Waals surface area contributed by atoms with Gasteiger partial charge in [-0.3, -0.25) is 4.79 Å². The van der Waals surface area contributed by atoms with Crippen molar-refractivity contribution in [3.8, 4) is 6.07 Å². The van der Waals surface area contributed by atoms with Crippen molar-refractivity contribution in [3.63, 3.8) is 0 Å². The van der Waals surface area contributed by atoms with Gasteiger partial charge in [0.2, 0.25) is 0 Å². The Balaban J connectivity index is 1.90. The molecule has 7 heteroatoms. The van der Waals surface area contributed by atoms with E-state index in [2.05, 4.69) is 5.32 Å². The van der Waals surface area contributed by atoms with Crippen molar-refractivity contribution in [1.82, 2.24) is 0 Å². The summed E-state index contributed by atoms with van der Waals surface area (Å²) in [5.41, 5.74) is -0.0730. The molecule has 6 nitrogen and oxygen atoms in total. The van der Waals surface area contributed by atoms with Gasteiger partial charge in [0.1, 0.15) is 23.2 Å². The van der Waals surface area contributed by atoms with Crippen molar-refractivity contribution < 1.29 is 23.1 Å². The van der Waals surface area contributed by atoms with E-state index in [-0.39, 0.29) is 11.3 Å². The van der Waals surface area contributed by atoms with Crippen LogP contribution in [0.3, 0.4) is 0 Å². The predicted octanol–water partition coefficient (Wildman–Crippen LogP) is 2.51. The van der Waals surface area contributed by atoms with Crippen LogP contribution in [0, 0.1) is 17.1 Å². The third-order valence-electron chi connectivity index (χ3n) is 2.61. The number of esters is 1. The average molecular weight is 314 g/mol. The summed E-state index contributed by atoms with van der Waals surface area (Å²) in [4.78, 5) is 23.3. The normalized spacial score (nSPS) is 10.7. The van der Waals surface area contributed by atoms with Crippen LogP contribution in [0.4, 0.5) is 10.1 Å². The number of anilines is 1. The smallest absolute Gasteiger partial charge is 0.349 e. The Morgan fingerprint density at radius 2 is 2.17 bits per heavy atom. The molecule has 0 radical (unpaired) electrons. The zero-order valence-corrected chi connectivity index (χ0v) is 11.8. The first-order valence-electron chi connectivity index (χ1n) is 6.46. The number of furan rings is 1. The van der Waals surface area contributed by atoms with Gasteiger partial charge >= 0.3 is 5.97 Å². The predicted molar refractivity (Wildman–Crippen MR) is 78.3 cm³/mol. The number of carbonyl (C=O) groups excluding carboxylic acids is 2. The second kappa shape index (κ2) is 7.56. The molecule has 116 valence electrons. The van der Waals surface area contributed by atoms with Crippen LogP contribution < -0.4 is 5.32 Å². The molecule has 1 N–H and O–H groups in total. The van der Waals surface area contributed by atoms with E-state index in [4.69, 9.17) is 14.4 Å². The molecule has 0 aliphatic rings. The van der Waals surface area contributed by atoms with Crippen LogP contribution in [0.2, 0.25) is 0 Å². The second-order valence-electron chi connectivity index (χ2n) is 4.32. The number of carbonyl (C=O) groups is 2. The van der Waals surface area contributed by atoms with Crippen LogP contribution in [-0.2, 0) is 14.3 Å². The zero-order valence-electron chi connectivity index (χ0n) is 11.8. The Morgan fingerprint density at radius 1 is 1.35 bits per heavy atom. The van der Waals surface area contributed by atoms with Crippen molar-refractivity contribution in [3.05, 3.63) is 59.8 Å². The molecule has 1 aromatic heterocycles. The van der Waals surface area contributed by atoms with Crippen molar-refractivity contribution in [2.75, 3.05) is 11.9 Å². The molecule has 23 heavy (non-hydrogen) atoms. The largest absolute Gasteiger partial charge is 0.465 e. The lowest BCUT2D eigenvalue weighted by Gasteiger charge is -2.06. The minimum absolute atomic E-state index is 0.234. The summed E-state index contributed by atoms with van der Waals surface area (Å²) in [5.74, 6) is -1.81. The molecule has 0 fully saturated rings. The number of halogens is 1. The lowest BCUT2D eigenvalue weighted by Crippen LogP contribution is -2.21. The zero-order chi connectivity index (χ0) is 16.7. The summed E-state index contributed by atoms with van der Waals surface area (Å²) >= 11 is 0. The van der Waals surface area contributed by atoms with E-state index < -0.39 is 24.3 Å². The van der Waals surface area contributed by atoms with Gasteiger partial charge in [-0.1, -0.05) is 6.07 Å². The van der Waals surface area contributed by atoms with Crippen molar-refractivity contribution in [2.24, 2.45) is 0 Å². The summed E-state index contributed by atoms with van der Waals surface area (Å²) in [6, 6.07) is 10.1. The molecule has 0 spiro atoms. The average Bonchev–Trinajstić information content (AvgIpc) is 3.03. The topological polar surface area (TPSA) is 92.3 Å². The number of ether oxygens (including phenoxy) is 1. The first kappa shape index (κ1) is 16.0. The van der Waals surface area contributed by atoms with Crippen LogP contribution in [0.15, 0.2) is 52.7 Å². The summed E-state index contributed by atoms with van der Waals surface area (Å²) in [5, 5.41) is 11.3. The Bertz CT molecular complexity index is 776. The highest BCUT2D eigenvalue weighted by Gasteiger charge is 2.14. The molecule has 1 heterocycles. The van der Waals surface area contributed by atoms with E-state index in [1.165, 1.54) is 30.5 Å². The number of nitrogens with zero attached hydrogens (tertiary/aromatic N) is 1. The quantitative estimate of drug-likeness (QED) is 0.520. The monoisotopic (exact) mass is 314 g/mol. The van der Waals surface area contributed by atoms with E-state index >= 15 is 0 Å². The lowest BCUT2D eigenvalue weighted by atomic mass is 10.2. The molecule has 0 unspecified atom stereocenters. The molecule has 1 amide bonds. The van der Waals surface area contributed by atoms with Crippen LogP contribution >= 0.6 is 0 Å². The summed E-state index contributed by atoms with van der Waals surface area (Å²) in [7, 11) is 0. The van der Waals surface area contributed by atoms with Crippen LogP contribution in [0.25, 0.3) is 6.08 Å². The summed E-state index contributed by atoms with van der Waals surface area (Å²) in [6.07, 6.45) is 2.59. The van der Waals surface area contributed by atoms with Gasteiger partial charge in [-0.05, 0) is 30.3 Å². The van der Waals surface area contributed by atoms with Gasteiger partial charge < -0.3 is 14.5 Å². The highest BCUT2D eigenvalue weighted by Crippen LogP contribution is 2.10. The molecule has 0 atom stereocenters. The number of hydrogen-bond donors (Lipinski definition) is 1. The summed E-state index contributed by atoms with van der Waals surface area (Å²) in [6.45, 7) is -0.605. The first-order valence-corrected chi connectivity index (χ1v) is 6.46. The van der Waals surface area contributed by atoms with Crippen molar-refractivity contribution in [2.45, 2.75) is 0 Å². The van der Waals surface area contributed by atoms with Gasteiger partial charge in [0.25, 0.3) is 5.91 Å². The Labute approximate surface area is 130 Å². The summed E-state index contributed by atoms with van der Waals surface area (Å²) < 4.78 is 22.7. The maximum absolute atomic E-state index is 13.0. The highest BCUT2D eigenvalue weighted by molar-refractivity contribution is 5.99. The molecule has 2 aromatic rings.